The number of nitrogens with one attached hydrogen (secondary N) is 2. The van der Waals surface area contributed by atoms with Gasteiger partial charge < -0.3 is 30.0 Å². The zero-order valence-electron chi connectivity index (χ0n) is 15.7. The van der Waals surface area contributed by atoms with Gasteiger partial charge in [0.15, 0.2) is 0 Å². The number of carbonyl (C=O) groups is 4. The average Bonchev–Trinajstić information content (AvgIpc) is 2.70. The van der Waals surface area contributed by atoms with Crippen molar-refractivity contribution in [2.45, 2.75) is 31.6 Å². The summed E-state index contributed by atoms with van der Waals surface area (Å²) in [4.78, 5) is 46.4. The van der Waals surface area contributed by atoms with Crippen LogP contribution in [0.4, 0.5) is 4.79 Å². The van der Waals surface area contributed by atoms with Gasteiger partial charge in [0, 0.05) is 6.54 Å². The minimum absolute atomic E-state index is 0.0671. The zero-order valence-corrected chi connectivity index (χ0v) is 15.7. The Kier molecular flexibility index (Phi) is 10.0. The molecule has 3 N–H and O–H groups in total. The summed E-state index contributed by atoms with van der Waals surface area (Å²) in [6.07, 6.45) is -2.79. The van der Waals surface area contributed by atoms with E-state index in [1.807, 2.05) is 6.07 Å². The minimum Gasteiger partial charge on any atom is -0.469 e. The number of aliphatic hydroxyl groups is 1. The molecule has 0 aliphatic heterocycles. The Balaban J connectivity index is 2.36. The second kappa shape index (κ2) is 12.3. The maximum absolute atomic E-state index is 11.9. The Morgan fingerprint density at radius 2 is 1.71 bits per heavy atom. The summed E-state index contributed by atoms with van der Waals surface area (Å²) >= 11 is 0. The van der Waals surface area contributed by atoms with Gasteiger partial charge in [0.2, 0.25) is 5.91 Å². The number of hydrogen-bond donors (Lipinski definition) is 3. The van der Waals surface area contributed by atoms with Crippen LogP contribution in [-0.4, -0.2) is 62.0 Å². The van der Waals surface area contributed by atoms with E-state index < -0.39 is 48.9 Å². The number of ether oxygens (including phenoxy) is 3. The molecule has 154 valence electrons. The maximum Gasteiger partial charge on any atom is 0.407 e. The molecule has 0 aliphatic rings. The van der Waals surface area contributed by atoms with Crippen LogP contribution in [0, 0.1) is 0 Å². The quantitative estimate of drug-likeness (QED) is 0.367. The van der Waals surface area contributed by atoms with E-state index in [0.29, 0.717) is 0 Å². The first kappa shape index (κ1) is 22.9. The van der Waals surface area contributed by atoms with Crippen LogP contribution in [0.5, 0.6) is 0 Å². The molecular weight excluding hydrogens is 372 g/mol. The van der Waals surface area contributed by atoms with Gasteiger partial charge in [0.1, 0.15) is 12.6 Å². The molecular formula is C18H24N2O8. The normalized spacial score (nSPS) is 12.2. The number of amides is 2. The van der Waals surface area contributed by atoms with Gasteiger partial charge in [-0.25, -0.2) is 9.59 Å². The molecule has 0 unspecified atom stereocenters. The lowest BCUT2D eigenvalue weighted by Gasteiger charge is -2.17. The van der Waals surface area contributed by atoms with Crippen LogP contribution in [0.2, 0.25) is 0 Å². The number of esters is 2. The Hall–Kier alpha value is -3.14. The summed E-state index contributed by atoms with van der Waals surface area (Å²) in [7, 11) is 2.25. The van der Waals surface area contributed by atoms with Crippen molar-refractivity contribution in [2.24, 2.45) is 0 Å². The second-order valence-corrected chi connectivity index (χ2v) is 5.72. The van der Waals surface area contributed by atoms with Crippen LogP contribution in [0.15, 0.2) is 30.3 Å². The zero-order chi connectivity index (χ0) is 20.9. The van der Waals surface area contributed by atoms with E-state index in [4.69, 9.17) is 4.74 Å². The molecule has 10 heteroatoms. The average molecular weight is 396 g/mol. The summed E-state index contributed by atoms with van der Waals surface area (Å²) in [6, 6.07) is 7.79. The Bertz CT molecular complexity index is 665. The fraction of sp³-hybridized carbons (Fsp3) is 0.444. The first-order valence-electron chi connectivity index (χ1n) is 8.42. The fourth-order valence-corrected chi connectivity index (χ4v) is 2.10. The lowest BCUT2D eigenvalue weighted by atomic mass is 10.1. The SMILES string of the molecule is COC(=O)C[C@H](NC(=O)C[C@H](O)CNC(=O)OCc1ccccc1)C(=O)OC. The van der Waals surface area contributed by atoms with Crippen molar-refractivity contribution in [3.8, 4) is 0 Å². The standard InChI is InChI=1S/C18H24N2O8/c1-26-16(23)9-14(17(24)27-2)20-15(22)8-13(21)10-19-18(25)28-11-12-6-4-3-5-7-12/h3-7,13-14,21H,8-11H2,1-2H3,(H,19,25)(H,20,22)/t13-,14-/m0/s1. The maximum atomic E-state index is 11.9. The lowest BCUT2D eigenvalue weighted by Crippen LogP contribution is -2.45. The van der Waals surface area contributed by atoms with Crippen molar-refractivity contribution >= 4 is 23.9 Å². The molecule has 2 amide bonds. The Morgan fingerprint density at radius 3 is 2.32 bits per heavy atom. The predicted octanol–water partition coefficient (Wildman–Crippen LogP) is -0.115. The summed E-state index contributed by atoms with van der Waals surface area (Å²) in [5.41, 5.74) is 0.803. The van der Waals surface area contributed by atoms with Gasteiger partial charge in [-0.3, -0.25) is 9.59 Å². The van der Waals surface area contributed by atoms with Crippen LogP contribution in [-0.2, 0) is 35.2 Å². The molecule has 1 aromatic carbocycles. The van der Waals surface area contributed by atoms with Crippen LogP contribution < -0.4 is 10.6 Å². The van der Waals surface area contributed by atoms with Crippen molar-refractivity contribution in [1.29, 1.82) is 0 Å². The summed E-state index contributed by atoms with van der Waals surface area (Å²) in [6.45, 7) is -0.168. The van der Waals surface area contributed by atoms with E-state index >= 15 is 0 Å². The fourth-order valence-electron chi connectivity index (χ4n) is 2.10. The molecule has 0 saturated carbocycles. The van der Waals surface area contributed by atoms with Crippen LogP contribution in [0.3, 0.4) is 0 Å². The minimum atomic E-state index is -1.24. The Labute approximate surface area is 162 Å². The highest BCUT2D eigenvalue weighted by Gasteiger charge is 2.26. The number of benzene rings is 1. The van der Waals surface area contributed by atoms with Gasteiger partial charge in [0.25, 0.3) is 0 Å². The molecule has 0 aliphatic carbocycles. The monoisotopic (exact) mass is 396 g/mol. The predicted molar refractivity (Wildman–Crippen MR) is 95.8 cm³/mol. The molecule has 0 spiro atoms. The summed E-state index contributed by atoms with van der Waals surface area (Å²) in [5.74, 6) is -2.24. The third kappa shape index (κ3) is 8.99. The summed E-state index contributed by atoms with van der Waals surface area (Å²) < 4.78 is 13.9. The molecule has 1 aromatic rings. The van der Waals surface area contributed by atoms with Crippen LogP contribution >= 0.6 is 0 Å². The molecule has 28 heavy (non-hydrogen) atoms. The molecule has 1 rings (SSSR count). The van der Waals surface area contributed by atoms with E-state index in [-0.39, 0.29) is 13.2 Å². The van der Waals surface area contributed by atoms with Gasteiger partial charge in [-0.1, -0.05) is 30.3 Å². The topological polar surface area (TPSA) is 140 Å². The van der Waals surface area contributed by atoms with E-state index in [0.717, 1.165) is 19.8 Å². The first-order chi connectivity index (χ1) is 13.3. The lowest BCUT2D eigenvalue weighted by molar-refractivity contribution is -0.150. The number of methoxy groups -OCH3 is 2. The van der Waals surface area contributed by atoms with E-state index in [2.05, 4.69) is 20.1 Å². The molecule has 0 heterocycles. The third-order valence-corrected chi connectivity index (χ3v) is 3.54. The molecule has 0 aromatic heterocycles. The summed E-state index contributed by atoms with van der Waals surface area (Å²) in [5, 5.41) is 14.5. The molecule has 0 bridgehead atoms. The molecule has 0 radical (unpaired) electrons. The molecule has 0 fully saturated rings. The highest BCUT2D eigenvalue weighted by atomic mass is 16.5. The van der Waals surface area contributed by atoms with Gasteiger partial charge in [-0.15, -0.1) is 0 Å². The largest absolute Gasteiger partial charge is 0.469 e. The van der Waals surface area contributed by atoms with E-state index in [1.54, 1.807) is 24.3 Å². The number of hydrogen-bond acceptors (Lipinski definition) is 8. The second-order valence-electron chi connectivity index (χ2n) is 5.72. The van der Waals surface area contributed by atoms with Gasteiger partial charge in [-0.2, -0.15) is 0 Å². The molecule has 2 atom stereocenters. The van der Waals surface area contributed by atoms with Crippen molar-refractivity contribution in [2.75, 3.05) is 20.8 Å². The van der Waals surface area contributed by atoms with Crippen molar-refractivity contribution in [3.05, 3.63) is 35.9 Å². The van der Waals surface area contributed by atoms with Crippen molar-refractivity contribution in [3.63, 3.8) is 0 Å². The number of aliphatic hydroxyl groups excluding tert-OH is 1. The van der Waals surface area contributed by atoms with E-state index in [1.165, 1.54) is 0 Å². The van der Waals surface area contributed by atoms with Gasteiger partial charge in [-0.05, 0) is 5.56 Å². The van der Waals surface area contributed by atoms with Crippen LogP contribution in [0.1, 0.15) is 18.4 Å². The van der Waals surface area contributed by atoms with Gasteiger partial charge in [0.05, 0.1) is 33.2 Å². The Morgan fingerprint density at radius 1 is 1.04 bits per heavy atom. The van der Waals surface area contributed by atoms with E-state index in [9.17, 15) is 24.3 Å². The van der Waals surface area contributed by atoms with Crippen molar-refractivity contribution in [1.82, 2.24) is 10.6 Å². The highest BCUT2D eigenvalue weighted by molar-refractivity contribution is 5.88. The number of rotatable bonds is 10. The molecule has 10 nitrogen and oxygen atoms in total. The first-order valence-corrected chi connectivity index (χ1v) is 8.42. The highest BCUT2D eigenvalue weighted by Crippen LogP contribution is 2.02. The smallest absolute Gasteiger partial charge is 0.407 e. The van der Waals surface area contributed by atoms with Crippen molar-refractivity contribution < 1.29 is 38.5 Å². The molecule has 0 saturated heterocycles. The number of carbonyl (C=O) groups excluding carboxylic acids is 4. The number of alkyl carbamates (subject to hydrolysis) is 1. The third-order valence-electron chi connectivity index (χ3n) is 3.54. The van der Waals surface area contributed by atoms with Gasteiger partial charge >= 0.3 is 18.0 Å². The van der Waals surface area contributed by atoms with Crippen LogP contribution in [0.25, 0.3) is 0 Å².